The Hall–Kier alpha value is -1.66. The van der Waals surface area contributed by atoms with E-state index >= 15 is 0 Å². The number of anilines is 2. The molecule has 1 amide bonds. The van der Waals surface area contributed by atoms with Crippen molar-refractivity contribution in [3.63, 3.8) is 0 Å². The summed E-state index contributed by atoms with van der Waals surface area (Å²) in [7, 11) is 0. The molecule has 1 N–H and O–H groups in total. The number of amides is 1. The van der Waals surface area contributed by atoms with Crippen LogP contribution in [0.4, 0.5) is 11.4 Å². The minimum Gasteiger partial charge on any atom is -0.479 e. The predicted octanol–water partition coefficient (Wildman–Crippen LogP) is 5.19. The Morgan fingerprint density at radius 2 is 1.79 bits per heavy atom. The number of rotatable bonds is 6. The quantitative estimate of drug-likeness (QED) is 0.649. The maximum atomic E-state index is 12.5. The van der Waals surface area contributed by atoms with E-state index < -0.39 is 6.10 Å². The van der Waals surface area contributed by atoms with Gasteiger partial charge in [0, 0.05) is 36.9 Å². The fraction of sp³-hybridized carbons (Fsp3) is 0.381. The van der Waals surface area contributed by atoms with Gasteiger partial charge in [0.25, 0.3) is 5.91 Å². The van der Waals surface area contributed by atoms with E-state index in [0.717, 1.165) is 38.4 Å². The fourth-order valence-electron chi connectivity index (χ4n) is 3.20. The van der Waals surface area contributed by atoms with Crippen molar-refractivity contribution >= 4 is 52.1 Å². The number of benzene rings is 2. The van der Waals surface area contributed by atoms with Crippen LogP contribution in [0.2, 0.25) is 15.1 Å². The molecule has 3 rings (SSSR count). The molecule has 0 spiro atoms. The molecule has 1 heterocycles. The fourth-order valence-corrected chi connectivity index (χ4v) is 3.96. The summed E-state index contributed by atoms with van der Waals surface area (Å²) >= 11 is 18.5. The summed E-state index contributed by atoms with van der Waals surface area (Å²) in [4.78, 5) is 17.2. The van der Waals surface area contributed by atoms with Gasteiger partial charge in [-0.3, -0.25) is 4.79 Å². The Balaban J connectivity index is 1.61. The molecule has 0 aromatic heterocycles. The molecular formula is C21H24Cl3N3O2. The Morgan fingerprint density at radius 1 is 1.07 bits per heavy atom. The second kappa shape index (κ2) is 9.90. The van der Waals surface area contributed by atoms with Crippen LogP contribution in [0.1, 0.15) is 13.8 Å². The summed E-state index contributed by atoms with van der Waals surface area (Å²) in [5, 5.41) is 4.31. The SMILES string of the molecule is CCN1CCN(c2ccc(NC(=O)C(C)Oc3ccc(Cl)cc3Cl)cc2Cl)CC1. The van der Waals surface area contributed by atoms with Crippen LogP contribution >= 0.6 is 34.8 Å². The number of ether oxygens (including phenoxy) is 1. The average molecular weight is 457 g/mol. The first-order chi connectivity index (χ1) is 13.9. The van der Waals surface area contributed by atoms with E-state index in [2.05, 4.69) is 22.0 Å². The number of hydrogen-bond acceptors (Lipinski definition) is 4. The lowest BCUT2D eigenvalue weighted by Gasteiger charge is -2.36. The summed E-state index contributed by atoms with van der Waals surface area (Å²) < 4.78 is 5.66. The monoisotopic (exact) mass is 455 g/mol. The Bertz CT molecular complexity index is 870. The number of carbonyl (C=O) groups excluding carboxylic acids is 1. The predicted molar refractivity (Wildman–Crippen MR) is 121 cm³/mol. The highest BCUT2D eigenvalue weighted by Gasteiger charge is 2.20. The van der Waals surface area contributed by atoms with Crippen LogP contribution < -0.4 is 15.0 Å². The Kier molecular flexibility index (Phi) is 7.52. The van der Waals surface area contributed by atoms with Crippen molar-refractivity contribution in [1.82, 2.24) is 4.90 Å². The minimum absolute atomic E-state index is 0.295. The molecule has 2 aromatic rings. The van der Waals surface area contributed by atoms with E-state index in [9.17, 15) is 4.79 Å². The molecule has 1 aliphatic heterocycles. The van der Waals surface area contributed by atoms with E-state index in [1.807, 2.05) is 12.1 Å². The zero-order valence-electron chi connectivity index (χ0n) is 16.4. The molecule has 1 fully saturated rings. The van der Waals surface area contributed by atoms with Gasteiger partial charge in [-0.25, -0.2) is 0 Å². The normalized spacial score (nSPS) is 15.8. The highest BCUT2D eigenvalue weighted by Crippen LogP contribution is 2.31. The molecule has 0 aliphatic carbocycles. The summed E-state index contributed by atoms with van der Waals surface area (Å²) in [6.45, 7) is 8.81. The van der Waals surface area contributed by atoms with E-state index in [4.69, 9.17) is 39.5 Å². The number of likely N-dealkylation sites (N-methyl/N-ethyl adjacent to an activating group) is 1. The summed E-state index contributed by atoms with van der Waals surface area (Å²) in [5.41, 5.74) is 1.60. The summed E-state index contributed by atoms with van der Waals surface area (Å²) in [5.74, 6) is 0.106. The highest BCUT2D eigenvalue weighted by atomic mass is 35.5. The number of piperazine rings is 1. The molecule has 0 bridgehead atoms. The second-order valence-electron chi connectivity index (χ2n) is 6.91. The topological polar surface area (TPSA) is 44.8 Å². The number of halogens is 3. The van der Waals surface area contributed by atoms with Crippen LogP contribution in [-0.4, -0.2) is 49.6 Å². The maximum absolute atomic E-state index is 12.5. The molecule has 1 saturated heterocycles. The van der Waals surface area contributed by atoms with Gasteiger partial charge in [0.15, 0.2) is 6.10 Å². The summed E-state index contributed by atoms with van der Waals surface area (Å²) in [6, 6.07) is 10.4. The number of hydrogen-bond donors (Lipinski definition) is 1. The minimum atomic E-state index is -0.741. The third-order valence-electron chi connectivity index (χ3n) is 4.94. The largest absolute Gasteiger partial charge is 0.479 e. The van der Waals surface area contributed by atoms with Crippen LogP contribution in [0, 0.1) is 0 Å². The van der Waals surface area contributed by atoms with E-state index in [1.54, 1.807) is 31.2 Å². The zero-order chi connectivity index (χ0) is 21.0. The molecule has 29 heavy (non-hydrogen) atoms. The first-order valence-corrected chi connectivity index (χ1v) is 10.7. The van der Waals surface area contributed by atoms with Gasteiger partial charge in [0.05, 0.1) is 15.7 Å². The Labute approximate surface area is 186 Å². The number of carbonyl (C=O) groups is 1. The number of nitrogens with one attached hydrogen (secondary N) is 1. The number of nitrogens with zero attached hydrogens (tertiary/aromatic N) is 2. The second-order valence-corrected chi connectivity index (χ2v) is 8.16. The Morgan fingerprint density at radius 3 is 2.41 bits per heavy atom. The average Bonchev–Trinajstić information content (AvgIpc) is 2.70. The maximum Gasteiger partial charge on any atom is 0.265 e. The third-order valence-corrected chi connectivity index (χ3v) is 5.78. The first-order valence-electron chi connectivity index (χ1n) is 9.56. The van der Waals surface area contributed by atoms with Crippen LogP contribution in [0.3, 0.4) is 0 Å². The van der Waals surface area contributed by atoms with Gasteiger partial charge in [-0.2, -0.15) is 0 Å². The van der Waals surface area contributed by atoms with Crippen LogP contribution in [-0.2, 0) is 4.79 Å². The van der Waals surface area contributed by atoms with E-state index in [-0.39, 0.29) is 5.91 Å². The van der Waals surface area contributed by atoms with Crippen molar-refractivity contribution in [2.75, 3.05) is 42.9 Å². The molecule has 5 nitrogen and oxygen atoms in total. The first kappa shape index (κ1) is 22.0. The molecule has 2 aromatic carbocycles. The van der Waals surface area contributed by atoms with Gasteiger partial charge >= 0.3 is 0 Å². The van der Waals surface area contributed by atoms with Gasteiger partial charge in [-0.05, 0) is 49.9 Å². The lowest BCUT2D eigenvalue weighted by Crippen LogP contribution is -2.46. The van der Waals surface area contributed by atoms with Crippen molar-refractivity contribution in [2.45, 2.75) is 20.0 Å². The van der Waals surface area contributed by atoms with Crippen molar-refractivity contribution in [1.29, 1.82) is 0 Å². The van der Waals surface area contributed by atoms with Gasteiger partial charge < -0.3 is 19.9 Å². The van der Waals surface area contributed by atoms with Crippen LogP contribution in [0.25, 0.3) is 0 Å². The van der Waals surface area contributed by atoms with Crippen molar-refractivity contribution in [3.8, 4) is 5.75 Å². The van der Waals surface area contributed by atoms with Gasteiger partial charge in [-0.1, -0.05) is 41.7 Å². The van der Waals surface area contributed by atoms with Crippen LogP contribution in [0.5, 0.6) is 5.75 Å². The van der Waals surface area contributed by atoms with Crippen molar-refractivity contribution < 1.29 is 9.53 Å². The van der Waals surface area contributed by atoms with Gasteiger partial charge in [0.2, 0.25) is 0 Å². The molecule has 1 atom stereocenters. The molecular weight excluding hydrogens is 433 g/mol. The summed E-state index contributed by atoms with van der Waals surface area (Å²) in [6.07, 6.45) is -0.741. The molecule has 8 heteroatoms. The van der Waals surface area contributed by atoms with Gasteiger partial charge in [0.1, 0.15) is 5.75 Å². The van der Waals surface area contributed by atoms with Crippen LogP contribution in [0.15, 0.2) is 36.4 Å². The smallest absolute Gasteiger partial charge is 0.265 e. The lowest BCUT2D eigenvalue weighted by molar-refractivity contribution is -0.122. The standard InChI is InChI=1S/C21H24Cl3N3O2/c1-3-26-8-10-27(11-9-26)19-6-5-16(13-17(19)23)25-21(28)14(2)29-20-7-4-15(22)12-18(20)24/h4-7,12-14H,3,8-11H2,1-2H3,(H,25,28). The highest BCUT2D eigenvalue weighted by molar-refractivity contribution is 6.35. The molecule has 156 valence electrons. The van der Waals surface area contributed by atoms with Crippen molar-refractivity contribution in [3.05, 3.63) is 51.5 Å². The van der Waals surface area contributed by atoms with E-state index in [1.165, 1.54) is 0 Å². The lowest BCUT2D eigenvalue weighted by atomic mass is 10.2. The molecule has 0 saturated carbocycles. The van der Waals surface area contributed by atoms with E-state index in [0.29, 0.717) is 26.5 Å². The van der Waals surface area contributed by atoms with Gasteiger partial charge in [-0.15, -0.1) is 0 Å². The molecule has 1 aliphatic rings. The molecule has 0 radical (unpaired) electrons. The third kappa shape index (κ3) is 5.70. The van der Waals surface area contributed by atoms with Crippen molar-refractivity contribution in [2.24, 2.45) is 0 Å². The molecule has 1 unspecified atom stereocenters. The zero-order valence-corrected chi connectivity index (χ0v) is 18.7.